The van der Waals surface area contributed by atoms with Crippen molar-refractivity contribution >= 4 is 17.4 Å². The van der Waals surface area contributed by atoms with Crippen LogP contribution in [0.1, 0.15) is 24.8 Å². The summed E-state index contributed by atoms with van der Waals surface area (Å²) in [6.45, 7) is 0. The van der Waals surface area contributed by atoms with E-state index in [0.29, 0.717) is 17.9 Å². The summed E-state index contributed by atoms with van der Waals surface area (Å²) in [7, 11) is 0. The van der Waals surface area contributed by atoms with E-state index >= 15 is 0 Å². The number of ketones is 1. The molecule has 74 valence electrons. The number of hydrogen-bond acceptors (Lipinski definition) is 2. The number of rotatable bonds is 1. The van der Waals surface area contributed by atoms with Gasteiger partial charge < -0.3 is 5.73 Å². The van der Waals surface area contributed by atoms with E-state index in [1.807, 2.05) is 18.2 Å². The standard InChI is InChI=1S/C11H12ClNO/c12-9-5-2-1-4-8(9)11(13)7-3-6-10(11)14/h1-2,4-5H,3,6-7,13H2. The van der Waals surface area contributed by atoms with Crippen LogP contribution in [0.15, 0.2) is 24.3 Å². The first-order valence-corrected chi connectivity index (χ1v) is 5.09. The third kappa shape index (κ3) is 1.35. The van der Waals surface area contributed by atoms with E-state index in [2.05, 4.69) is 0 Å². The van der Waals surface area contributed by atoms with E-state index in [1.54, 1.807) is 6.07 Å². The Kier molecular flexibility index (Phi) is 2.33. The van der Waals surface area contributed by atoms with Crippen LogP contribution in [0.25, 0.3) is 0 Å². The van der Waals surface area contributed by atoms with Crippen molar-refractivity contribution in [3.63, 3.8) is 0 Å². The lowest BCUT2D eigenvalue weighted by atomic mass is 9.88. The monoisotopic (exact) mass is 209 g/mol. The van der Waals surface area contributed by atoms with E-state index in [4.69, 9.17) is 17.3 Å². The summed E-state index contributed by atoms with van der Waals surface area (Å²) in [6, 6.07) is 7.32. The Balaban J connectivity index is 2.48. The Hall–Kier alpha value is -0.860. The molecule has 0 spiro atoms. The third-order valence-electron chi connectivity index (χ3n) is 2.83. The molecule has 0 radical (unpaired) electrons. The van der Waals surface area contributed by atoms with E-state index in [-0.39, 0.29) is 5.78 Å². The van der Waals surface area contributed by atoms with Gasteiger partial charge in [0.1, 0.15) is 5.54 Å². The summed E-state index contributed by atoms with van der Waals surface area (Å²) in [5.41, 5.74) is 6.02. The molecular formula is C11H12ClNO. The van der Waals surface area contributed by atoms with E-state index in [9.17, 15) is 4.79 Å². The average Bonchev–Trinajstić information content (AvgIpc) is 2.49. The Labute approximate surface area is 88.1 Å². The van der Waals surface area contributed by atoms with Gasteiger partial charge in [-0.25, -0.2) is 0 Å². The second-order valence-corrected chi connectivity index (χ2v) is 4.14. The number of carbonyl (C=O) groups excluding carboxylic acids is 1. The van der Waals surface area contributed by atoms with Crippen LogP contribution in [-0.2, 0) is 10.3 Å². The predicted molar refractivity (Wildman–Crippen MR) is 56.2 cm³/mol. The van der Waals surface area contributed by atoms with E-state index < -0.39 is 5.54 Å². The quantitative estimate of drug-likeness (QED) is 0.771. The minimum Gasteiger partial charge on any atom is -0.315 e. The molecule has 1 saturated carbocycles. The Morgan fingerprint density at radius 2 is 2.07 bits per heavy atom. The second kappa shape index (κ2) is 3.37. The molecule has 1 unspecified atom stereocenters. The normalized spacial score (nSPS) is 26.9. The number of nitrogens with two attached hydrogens (primary N) is 1. The molecule has 1 aromatic rings. The van der Waals surface area contributed by atoms with Crippen LogP contribution in [0.4, 0.5) is 0 Å². The van der Waals surface area contributed by atoms with Crippen LogP contribution in [0.3, 0.4) is 0 Å². The Morgan fingerprint density at radius 3 is 2.64 bits per heavy atom. The van der Waals surface area contributed by atoms with Gasteiger partial charge in [0.05, 0.1) is 0 Å². The molecule has 0 aliphatic heterocycles. The topological polar surface area (TPSA) is 43.1 Å². The number of carbonyl (C=O) groups is 1. The van der Waals surface area contributed by atoms with Crippen LogP contribution < -0.4 is 5.73 Å². The average molecular weight is 210 g/mol. The number of hydrogen-bond donors (Lipinski definition) is 1. The SMILES string of the molecule is NC1(c2ccccc2Cl)CCCC1=O. The molecule has 1 fully saturated rings. The van der Waals surface area contributed by atoms with Gasteiger partial charge in [-0.2, -0.15) is 0 Å². The molecule has 1 aliphatic rings. The fourth-order valence-electron chi connectivity index (χ4n) is 2.00. The minimum absolute atomic E-state index is 0.102. The van der Waals surface area contributed by atoms with Crippen molar-refractivity contribution in [1.82, 2.24) is 0 Å². The molecule has 3 heteroatoms. The molecule has 0 aromatic heterocycles. The molecule has 1 aromatic carbocycles. The second-order valence-electron chi connectivity index (χ2n) is 3.73. The minimum atomic E-state index is -0.835. The molecule has 1 aliphatic carbocycles. The number of Topliss-reactive ketones (excluding diaryl/α,β-unsaturated/α-hetero) is 1. The molecule has 0 bridgehead atoms. The van der Waals surface area contributed by atoms with E-state index in [0.717, 1.165) is 12.0 Å². The molecule has 0 amide bonds. The molecular weight excluding hydrogens is 198 g/mol. The zero-order valence-electron chi connectivity index (χ0n) is 7.79. The molecule has 1 atom stereocenters. The first-order valence-electron chi connectivity index (χ1n) is 4.72. The van der Waals surface area contributed by atoms with Crippen molar-refractivity contribution in [2.45, 2.75) is 24.8 Å². The highest BCUT2D eigenvalue weighted by Gasteiger charge is 2.40. The highest BCUT2D eigenvalue weighted by Crippen LogP contribution is 2.36. The van der Waals surface area contributed by atoms with Gasteiger partial charge in [-0.3, -0.25) is 4.79 Å². The van der Waals surface area contributed by atoms with Crippen molar-refractivity contribution in [2.24, 2.45) is 5.73 Å². The van der Waals surface area contributed by atoms with Crippen molar-refractivity contribution in [3.8, 4) is 0 Å². The first-order chi connectivity index (χ1) is 6.64. The summed E-state index contributed by atoms with van der Waals surface area (Å²) in [5.74, 6) is 0.102. The first kappa shape index (κ1) is 9.69. The summed E-state index contributed by atoms with van der Waals surface area (Å²) < 4.78 is 0. The molecule has 0 heterocycles. The summed E-state index contributed by atoms with van der Waals surface area (Å²) >= 11 is 6.03. The fourth-order valence-corrected chi connectivity index (χ4v) is 2.30. The van der Waals surface area contributed by atoms with Gasteiger partial charge in [0.25, 0.3) is 0 Å². The van der Waals surface area contributed by atoms with Crippen LogP contribution in [0.5, 0.6) is 0 Å². The Bertz CT molecular complexity index is 377. The lowest BCUT2D eigenvalue weighted by molar-refractivity contribution is -0.122. The maximum absolute atomic E-state index is 11.7. The molecule has 2 rings (SSSR count). The highest BCUT2D eigenvalue weighted by molar-refractivity contribution is 6.31. The zero-order chi connectivity index (χ0) is 10.2. The van der Waals surface area contributed by atoms with Crippen molar-refractivity contribution in [3.05, 3.63) is 34.9 Å². The highest BCUT2D eigenvalue weighted by atomic mass is 35.5. The molecule has 2 N–H and O–H groups in total. The van der Waals surface area contributed by atoms with Crippen LogP contribution >= 0.6 is 11.6 Å². The van der Waals surface area contributed by atoms with Gasteiger partial charge in [0.2, 0.25) is 0 Å². The maximum Gasteiger partial charge on any atom is 0.157 e. The van der Waals surface area contributed by atoms with Gasteiger partial charge in [-0.1, -0.05) is 29.8 Å². The summed E-state index contributed by atoms with van der Waals surface area (Å²) in [5, 5.41) is 0.588. The maximum atomic E-state index is 11.7. The van der Waals surface area contributed by atoms with Gasteiger partial charge >= 0.3 is 0 Å². The van der Waals surface area contributed by atoms with Gasteiger partial charge in [0.15, 0.2) is 5.78 Å². The Morgan fingerprint density at radius 1 is 1.36 bits per heavy atom. The molecule has 14 heavy (non-hydrogen) atoms. The number of benzene rings is 1. The van der Waals surface area contributed by atoms with Crippen molar-refractivity contribution in [2.75, 3.05) is 0 Å². The lowest BCUT2D eigenvalue weighted by Gasteiger charge is -2.23. The summed E-state index contributed by atoms with van der Waals surface area (Å²) in [4.78, 5) is 11.7. The summed E-state index contributed by atoms with van der Waals surface area (Å²) in [6.07, 6.45) is 2.14. The van der Waals surface area contributed by atoms with Crippen LogP contribution in [0.2, 0.25) is 5.02 Å². The molecule has 2 nitrogen and oxygen atoms in total. The largest absolute Gasteiger partial charge is 0.315 e. The van der Waals surface area contributed by atoms with E-state index in [1.165, 1.54) is 0 Å². The zero-order valence-corrected chi connectivity index (χ0v) is 8.55. The lowest BCUT2D eigenvalue weighted by Crippen LogP contribution is -2.40. The fraction of sp³-hybridized carbons (Fsp3) is 0.364. The van der Waals surface area contributed by atoms with Crippen LogP contribution in [-0.4, -0.2) is 5.78 Å². The van der Waals surface area contributed by atoms with Crippen LogP contribution in [0, 0.1) is 0 Å². The van der Waals surface area contributed by atoms with Crippen molar-refractivity contribution < 1.29 is 4.79 Å². The molecule has 0 saturated heterocycles. The third-order valence-corrected chi connectivity index (χ3v) is 3.16. The number of halogens is 1. The predicted octanol–water partition coefficient (Wildman–Crippen LogP) is 2.25. The smallest absolute Gasteiger partial charge is 0.157 e. The van der Waals surface area contributed by atoms with Gasteiger partial charge in [-0.05, 0) is 24.5 Å². The van der Waals surface area contributed by atoms with Crippen molar-refractivity contribution in [1.29, 1.82) is 0 Å². The van der Waals surface area contributed by atoms with Gasteiger partial charge in [-0.15, -0.1) is 0 Å². The van der Waals surface area contributed by atoms with Gasteiger partial charge in [0, 0.05) is 11.4 Å².